The summed E-state index contributed by atoms with van der Waals surface area (Å²) in [5.41, 5.74) is 0. The van der Waals surface area contributed by atoms with Crippen LogP contribution < -0.4 is 4.74 Å². The number of aliphatic hydroxyl groups is 1. The number of aliphatic hydroxyl groups excluding tert-OH is 1. The van der Waals surface area contributed by atoms with Gasteiger partial charge >= 0.3 is 5.97 Å². The molecule has 5 nitrogen and oxygen atoms in total. The number of rotatable bonds is 2. The molecule has 0 amide bonds. The van der Waals surface area contributed by atoms with Gasteiger partial charge < -0.3 is 9.84 Å². The molecule has 2 rings (SSSR count). The fourth-order valence-electron chi connectivity index (χ4n) is 1.43. The number of benzene rings is 2. The first-order chi connectivity index (χ1) is 9.66. The van der Waals surface area contributed by atoms with E-state index in [9.17, 15) is 13.2 Å². The van der Waals surface area contributed by atoms with Gasteiger partial charge in [-0.2, -0.15) is 0 Å². The van der Waals surface area contributed by atoms with Crippen LogP contribution >= 0.6 is 10.7 Å². The maximum Gasteiger partial charge on any atom is 0.340 e. The van der Waals surface area contributed by atoms with Gasteiger partial charge in [0.1, 0.15) is 11.9 Å². The standard InChI is InChI=1S/C13H12O3.CH3ClO2S/c1-9(14)13(15)16-12-7-6-10-4-2-3-5-11(10)8-12;1-5(2,3)4/h2-9,14H,1H3;1H3. The maximum atomic E-state index is 11.2. The Bertz CT molecular complexity index is 717. The van der Waals surface area contributed by atoms with E-state index in [1.54, 1.807) is 12.1 Å². The number of fused-ring (bicyclic) bond motifs is 1. The first-order valence-corrected chi connectivity index (χ1v) is 8.67. The van der Waals surface area contributed by atoms with Gasteiger partial charge in [0.2, 0.25) is 9.05 Å². The molecule has 0 aliphatic rings. The third-order valence-corrected chi connectivity index (χ3v) is 2.28. The van der Waals surface area contributed by atoms with Crippen LogP contribution in [0.5, 0.6) is 5.75 Å². The summed E-state index contributed by atoms with van der Waals surface area (Å²) in [7, 11) is 1.31. The van der Waals surface area contributed by atoms with Crippen molar-refractivity contribution in [1.82, 2.24) is 0 Å². The van der Waals surface area contributed by atoms with Crippen LogP contribution in [0.2, 0.25) is 0 Å². The Morgan fingerprint density at radius 3 is 2.24 bits per heavy atom. The van der Waals surface area contributed by atoms with Gasteiger partial charge in [0.05, 0.1) is 6.26 Å². The van der Waals surface area contributed by atoms with Crippen LogP contribution in [-0.2, 0) is 13.8 Å². The second-order valence-electron chi connectivity index (χ2n) is 4.29. The Kier molecular flexibility index (Phi) is 6.14. The van der Waals surface area contributed by atoms with Gasteiger partial charge in [-0.15, -0.1) is 0 Å². The molecule has 1 unspecified atom stereocenters. The second-order valence-corrected chi connectivity index (χ2v) is 7.33. The molecule has 2 aromatic rings. The van der Waals surface area contributed by atoms with Crippen LogP contribution in [0.3, 0.4) is 0 Å². The van der Waals surface area contributed by atoms with Crippen molar-refractivity contribution >= 4 is 36.5 Å². The van der Waals surface area contributed by atoms with Gasteiger partial charge in [-0.25, -0.2) is 13.2 Å². The molecule has 114 valence electrons. The van der Waals surface area contributed by atoms with E-state index >= 15 is 0 Å². The zero-order chi connectivity index (χ0) is 16.0. The Labute approximate surface area is 127 Å². The van der Waals surface area contributed by atoms with Gasteiger partial charge in [-0.05, 0) is 29.8 Å². The fraction of sp³-hybridized carbons (Fsp3) is 0.214. The molecule has 0 fully saturated rings. The molecule has 7 heteroatoms. The molecule has 0 aromatic heterocycles. The second kappa shape index (κ2) is 7.40. The lowest BCUT2D eigenvalue weighted by Crippen LogP contribution is -2.22. The van der Waals surface area contributed by atoms with Crippen molar-refractivity contribution < 1.29 is 23.1 Å². The van der Waals surface area contributed by atoms with E-state index in [4.69, 9.17) is 9.84 Å². The van der Waals surface area contributed by atoms with E-state index in [0.29, 0.717) is 5.75 Å². The minimum Gasteiger partial charge on any atom is -0.425 e. The van der Waals surface area contributed by atoms with Crippen molar-refractivity contribution in [1.29, 1.82) is 0 Å². The summed E-state index contributed by atoms with van der Waals surface area (Å²) < 4.78 is 23.8. The van der Waals surface area contributed by atoms with Gasteiger partial charge in [-0.3, -0.25) is 0 Å². The van der Waals surface area contributed by atoms with E-state index in [0.717, 1.165) is 17.0 Å². The van der Waals surface area contributed by atoms with Crippen LogP contribution in [0.4, 0.5) is 0 Å². The quantitative estimate of drug-likeness (QED) is 0.519. The van der Waals surface area contributed by atoms with Gasteiger partial charge in [0.25, 0.3) is 0 Å². The normalized spacial score (nSPS) is 12.2. The highest BCUT2D eigenvalue weighted by Crippen LogP contribution is 2.20. The predicted octanol–water partition coefficient (Wildman–Crippen LogP) is 2.31. The third-order valence-electron chi connectivity index (χ3n) is 2.28. The van der Waals surface area contributed by atoms with Crippen LogP contribution in [0.15, 0.2) is 42.5 Å². The molecule has 0 bridgehead atoms. The molecule has 0 heterocycles. The van der Waals surface area contributed by atoms with E-state index < -0.39 is 21.1 Å². The maximum absolute atomic E-state index is 11.2. The van der Waals surface area contributed by atoms with Crippen molar-refractivity contribution in [2.24, 2.45) is 0 Å². The van der Waals surface area contributed by atoms with Gasteiger partial charge in [-0.1, -0.05) is 30.3 Å². The molecule has 0 radical (unpaired) electrons. The number of carbonyl (C=O) groups is 1. The lowest BCUT2D eigenvalue weighted by molar-refractivity contribution is -0.142. The molecule has 0 aliphatic carbocycles. The van der Waals surface area contributed by atoms with Crippen molar-refractivity contribution in [2.45, 2.75) is 13.0 Å². The summed E-state index contributed by atoms with van der Waals surface area (Å²) in [5, 5.41) is 11.1. The molecule has 1 N–H and O–H groups in total. The summed E-state index contributed by atoms with van der Waals surface area (Å²) in [6.45, 7) is 1.38. The average molecular weight is 331 g/mol. The van der Waals surface area contributed by atoms with E-state index in [1.807, 2.05) is 30.3 Å². The summed E-state index contributed by atoms with van der Waals surface area (Å²) in [6.07, 6.45) is -0.180. The number of halogens is 1. The first kappa shape index (κ1) is 17.4. The smallest absolute Gasteiger partial charge is 0.340 e. The number of esters is 1. The molecule has 2 aromatic carbocycles. The molecule has 0 aliphatic heterocycles. The van der Waals surface area contributed by atoms with Gasteiger partial charge in [0, 0.05) is 10.7 Å². The molecule has 21 heavy (non-hydrogen) atoms. The molecular weight excluding hydrogens is 316 g/mol. The van der Waals surface area contributed by atoms with Crippen molar-refractivity contribution in [3.8, 4) is 5.75 Å². The lowest BCUT2D eigenvalue weighted by Gasteiger charge is -2.06. The zero-order valence-electron chi connectivity index (χ0n) is 11.5. The summed E-state index contributed by atoms with van der Waals surface area (Å²) in [5.74, 6) is -0.195. The van der Waals surface area contributed by atoms with E-state index in [2.05, 4.69) is 10.7 Å². The van der Waals surface area contributed by atoms with E-state index in [-0.39, 0.29) is 0 Å². The highest BCUT2D eigenvalue weighted by atomic mass is 35.7. The number of hydrogen-bond acceptors (Lipinski definition) is 5. The van der Waals surface area contributed by atoms with Crippen molar-refractivity contribution in [3.63, 3.8) is 0 Å². The highest BCUT2D eigenvalue weighted by molar-refractivity contribution is 8.13. The van der Waals surface area contributed by atoms with Crippen molar-refractivity contribution in [2.75, 3.05) is 6.26 Å². The SMILES string of the molecule is CC(O)C(=O)Oc1ccc2ccccc2c1.CS(=O)(=O)Cl. The van der Waals surface area contributed by atoms with Gasteiger partial charge in [0.15, 0.2) is 0 Å². The lowest BCUT2D eigenvalue weighted by atomic mass is 10.1. The topological polar surface area (TPSA) is 80.7 Å². The Hall–Kier alpha value is -1.63. The highest BCUT2D eigenvalue weighted by Gasteiger charge is 2.11. The molecule has 0 saturated heterocycles. The van der Waals surface area contributed by atoms with E-state index in [1.165, 1.54) is 6.92 Å². The van der Waals surface area contributed by atoms with Crippen LogP contribution in [0, 0.1) is 0 Å². The number of ether oxygens (including phenoxy) is 1. The minimum atomic E-state index is -3.19. The van der Waals surface area contributed by atoms with Crippen molar-refractivity contribution in [3.05, 3.63) is 42.5 Å². The van der Waals surface area contributed by atoms with Crippen LogP contribution in [0.1, 0.15) is 6.92 Å². The largest absolute Gasteiger partial charge is 0.425 e. The minimum absolute atomic E-state index is 0.449. The summed E-state index contributed by atoms with van der Waals surface area (Å²) in [6, 6.07) is 13.1. The first-order valence-electron chi connectivity index (χ1n) is 5.95. The average Bonchev–Trinajstić information content (AvgIpc) is 2.36. The van der Waals surface area contributed by atoms with Crippen LogP contribution in [0.25, 0.3) is 10.8 Å². The Balaban J connectivity index is 0.000000383. The Morgan fingerprint density at radius 1 is 1.19 bits per heavy atom. The van der Waals surface area contributed by atoms with Crippen LogP contribution in [-0.4, -0.2) is 31.9 Å². The Morgan fingerprint density at radius 2 is 1.71 bits per heavy atom. The zero-order valence-corrected chi connectivity index (χ0v) is 13.1. The fourth-order valence-corrected chi connectivity index (χ4v) is 1.43. The monoisotopic (exact) mass is 330 g/mol. The summed E-state index contributed by atoms with van der Waals surface area (Å²) >= 11 is 0. The molecule has 0 spiro atoms. The number of hydrogen-bond donors (Lipinski definition) is 1. The molecule has 0 saturated carbocycles. The molecular formula is C14H15ClO5S. The number of carbonyl (C=O) groups excluding carboxylic acids is 1. The molecule has 1 atom stereocenters. The summed E-state index contributed by atoms with van der Waals surface area (Å²) in [4.78, 5) is 11.2. The predicted molar refractivity (Wildman–Crippen MR) is 82.0 cm³/mol. The third kappa shape index (κ3) is 7.08.